The molecule has 2 aromatic heterocycles. The zero-order chi connectivity index (χ0) is 22.7. The lowest BCUT2D eigenvalue weighted by molar-refractivity contribution is -0.114. The van der Waals surface area contributed by atoms with Gasteiger partial charge in [-0.2, -0.15) is 0 Å². The minimum Gasteiger partial charge on any atom is -0.289 e. The molecule has 3 heterocycles. The molecule has 0 radical (unpaired) electrons. The van der Waals surface area contributed by atoms with Crippen LogP contribution in [0.3, 0.4) is 0 Å². The second-order valence-corrected chi connectivity index (χ2v) is 9.41. The van der Waals surface area contributed by atoms with Crippen molar-refractivity contribution < 1.29 is 13.2 Å². The van der Waals surface area contributed by atoms with E-state index in [2.05, 4.69) is 9.97 Å². The molecule has 164 valence electrons. The third-order valence-electron chi connectivity index (χ3n) is 5.43. The van der Waals surface area contributed by atoms with E-state index in [1.807, 2.05) is 25.1 Å². The molecule has 7 nitrogen and oxygen atoms in total. The van der Waals surface area contributed by atoms with Crippen molar-refractivity contribution in [1.82, 2.24) is 9.97 Å². The highest BCUT2D eigenvalue weighted by molar-refractivity contribution is 7.92. The topological polar surface area (TPSA) is 83.5 Å². The number of hydrogen-bond acceptors (Lipinski definition) is 5. The van der Waals surface area contributed by atoms with E-state index < -0.39 is 10.0 Å². The zero-order valence-corrected chi connectivity index (χ0v) is 18.8. The molecule has 0 saturated carbocycles. The Bertz CT molecular complexity index is 1240. The second-order valence-electron chi connectivity index (χ2n) is 7.55. The van der Waals surface area contributed by atoms with Gasteiger partial charge in [0.2, 0.25) is 0 Å². The standard InChI is InChI=1S/C24H24N4O3S/c1-3-28(20-9-5-4-6-10-20)32(30,31)21-11-12-23(26-16-21)27-17-18(2)22(24(27)29)14-19-8-7-13-25-15-19/h4-13,15-16H,3,14,17H2,1-2H3. The van der Waals surface area contributed by atoms with Crippen LogP contribution in [-0.2, 0) is 21.2 Å². The van der Waals surface area contributed by atoms with Gasteiger partial charge in [-0.05, 0) is 55.3 Å². The number of para-hydroxylation sites is 1. The van der Waals surface area contributed by atoms with Crippen LogP contribution in [0.2, 0.25) is 0 Å². The van der Waals surface area contributed by atoms with E-state index in [1.165, 1.54) is 16.6 Å². The first-order valence-electron chi connectivity index (χ1n) is 10.3. The number of aromatic nitrogens is 2. The van der Waals surface area contributed by atoms with Gasteiger partial charge in [-0.15, -0.1) is 0 Å². The summed E-state index contributed by atoms with van der Waals surface area (Å²) in [6, 6.07) is 15.8. The fourth-order valence-corrected chi connectivity index (χ4v) is 5.19. The maximum Gasteiger partial charge on any atom is 0.265 e. The number of amides is 1. The summed E-state index contributed by atoms with van der Waals surface area (Å²) in [5.41, 5.74) is 3.25. The predicted molar refractivity (Wildman–Crippen MR) is 124 cm³/mol. The van der Waals surface area contributed by atoms with Crippen molar-refractivity contribution in [2.75, 3.05) is 22.3 Å². The van der Waals surface area contributed by atoms with Crippen molar-refractivity contribution in [3.63, 3.8) is 0 Å². The van der Waals surface area contributed by atoms with Crippen LogP contribution in [0.4, 0.5) is 11.5 Å². The summed E-state index contributed by atoms with van der Waals surface area (Å²) in [4.78, 5) is 23.1. The highest BCUT2D eigenvalue weighted by Crippen LogP contribution is 2.28. The number of carbonyl (C=O) groups excluding carboxylic acids is 1. The number of hydrogen-bond donors (Lipinski definition) is 0. The highest BCUT2D eigenvalue weighted by atomic mass is 32.2. The lowest BCUT2D eigenvalue weighted by Crippen LogP contribution is -2.31. The Morgan fingerprint density at radius 3 is 2.44 bits per heavy atom. The molecule has 0 bridgehead atoms. The number of carbonyl (C=O) groups is 1. The third kappa shape index (κ3) is 4.13. The average molecular weight is 449 g/mol. The second kappa shape index (κ2) is 8.92. The minimum absolute atomic E-state index is 0.0823. The summed E-state index contributed by atoms with van der Waals surface area (Å²) in [6.45, 7) is 4.44. The third-order valence-corrected chi connectivity index (χ3v) is 7.32. The van der Waals surface area contributed by atoms with Gasteiger partial charge in [-0.3, -0.25) is 19.0 Å². The average Bonchev–Trinajstić information content (AvgIpc) is 3.09. The molecule has 0 atom stereocenters. The van der Waals surface area contributed by atoms with Gasteiger partial charge < -0.3 is 0 Å². The maximum absolute atomic E-state index is 13.2. The van der Waals surface area contributed by atoms with Gasteiger partial charge in [0.15, 0.2) is 0 Å². The fraction of sp³-hybridized carbons (Fsp3) is 0.208. The summed E-state index contributed by atoms with van der Waals surface area (Å²) in [5.74, 6) is 0.311. The Morgan fingerprint density at radius 2 is 1.81 bits per heavy atom. The van der Waals surface area contributed by atoms with Gasteiger partial charge in [0.25, 0.3) is 15.9 Å². The van der Waals surface area contributed by atoms with Gasteiger partial charge >= 0.3 is 0 Å². The Kier molecular flexibility index (Phi) is 6.05. The summed E-state index contributed by atoms with van der Waals surface area (Å²) >= 11 is 0. The molecule has 32 heavy (non-hydrogen) atoms. The van der Waals surface area contributed by atoms with E-state index in [9.17, 15) is 13.2 Å². The van der Waals surface area contributed by atoms with Crippen molar-refractivity contribution >= 4 is 27.4 Å². The fourth-order valence-electron chi connectivity index (χ4n) is 3.77. The molecule has 1 aliphatic rings. The van der Waals surface area contributed by atoms with Gasteiger partial charge in [0.1, 0.15) is 10.7 Å². The molecule has 1 amide bonds. The summed E-state index contributed by atoms with van der Waals surface area (Å²) < 4.78 is 27.7. The van der Waals surface area contributed by atoms with Crippen LogP contribution in [0.15, 0.2) is 89.2 Å². The number of nitrogens with zero attached hydrogens (tertiary/aromatic N) is 4. The molecule has 3 aromatic rings. The van der Waals surface area contributed by atoms with E-state index in [0.29, 0.717) is 31.0 Å². The summed E-state index contributed by atoms with van der Waals surface area (Å²) in [6.07, 6.45) is 5.27. The van der Waals surface area contributed by atoms with Crippen molar-refractivity contribution in [2.24, 2.45) is 0 Å². The Hall–Kier alpha value is -3.52. The van der Waals surface area contributed by atoms with E-state index in [1.54, 1.807) is 54.5 Å². The van der Waals surface area contributed by atoms with E-state index in [4.69, 9.17) is 0 Å². The Labute approximate surface area is 188 Å². The zero-order valence-electron chi connectivity index (χ0n) is 18.0. The van der Waals surface area contributed by atoms with Crippen LogP contribution in [0, 0.1) is 0 Å². The SMILES string of the molecule is CCN(c1ccccc1)S(=O)(=O)c1ccc(N2CC(C)=C(Cc3cccnc3)C2=O)nc1. The number of rotatable bonds is 7. The predicted octanol–water partition coefficient (Wildman–Crippen LogP) is 3.60. The molecule has 4 rings (SSSR count). The normalized spacial score (nSPS) is 14.2. The van der Waals surface area contributed by atoms with Crippen LogP contribution in [0.25, 0.3) is 0 Å². The van der Waals surface area contributed by atoms with Crippen LogP contribution < -0.4 is 9.21 Å². The molecule has 0 N–H and O–H groups in total. The smallest absolute Gasteiger partial charge is 0.265 e. The molecule has 1 aromatic carbocycles. The van der Waals surface area contributed by atoms with Crippen molar-refractivity contribution in [2.45, 2.75) is 25.2 Å². The molecule has 0 unspecified atom stereocenters. The first-order valence-corrected chi connectivity index (χ1v) is 11.8. The summed E-state index contributed by atoms with van der Waals surface area (Å²) in [7, 11) is -3.77. The largest absolute Gasteiger partial charge is 0.289 e. The molecule has 0 aliphatic carbocycles. The van der Waals surface area contributed by atoms with Crippen molar-refractivity contribution in [3.8, 4) is 0 Å². The lowest BCUT2D eigenvalue weighted by Gasteiger charge is -2.23. The number of benzene rings is 1. The van der Waals surface area contributed by atoms with E-state index in [-0.39, 0.29) is 10.8 Å². The number of anilines is 2. The van der Waals surface area contributed by atoms with E-state index >= 15 is 0 Å². The van der Waals surface area contributed by atoms with Gasteiger partial charge in [0.05, 0.1) is 5.69 Å². The number of sulfonamides is 1. The minimum atomic E-state index is -3.77. The quantitative estimate of drug-likeness (QED) is 0.552. The van der Waals surface area contributed by atoms with E-state index in [0.717, 1.165) is 16.7 Å². The molecule has 8 heteroatoms. The lowest BCUT2D eigenvalue weighted by atomic mass is 10.0. The van der Waals surface area contributed by atoms with Gasteiger partial charge in [0, 0.05) is 43.7 Å². The Morgan fingerprint density at radius 1 is 1.03 bits per heavy atom. The molecule has 1 aliphatic heterocycles. The van der Waals surface area contributed by atoms with Gasteiger partial charge in [-0.25, -0.2) is 13.4 Å². The van der Waals surface area contributed by atoms with Crippen LogP contribution >= 0.6 is 0 Å². The molecule has 0 spiro atoms. The maximum atomic E-state index is 13.2. The van der Waals surface area contributed by atoms with Crippen LogP contribution in [0.5, 0.6) is 0 Å². The highest BCUT2D eigenvalue weighted by Gasteiger charge is 2.31. The molecular weight excluding hydrogens is 424 g/mol. The van der Waals surface area contributed by atoms with Gasteiger partial charge in [-0.1, -0.05) is 24.3 Å². The molecular formula is C24H24N4O3S. The summed E-state index contributed by atoms with van der Waals surface area (Å²) in [5, 5.41) is 0. The molecule has 0 saturated heterocycles. The number of pyridine rings is 2. The van der Waals surface area contributed by atoms with Crippen LogP contribution in [-0.4, -0.2) is 37.4 Å². The first-order chi connectivity index (χ1) is 15.4. The monoisotopic (exact) mass is 448 g/mol. The molecule has 0 fully saturated rings. The van der Waals surface area contributed by atoms with Crippen molar-refractivity contribution in [1.29, 1.82) is 0 Å². The Balaban J connectivity index is 1.55. The first kappa shape index (κ1) is 21.7. The van der Waals surface area contributed by atoms with Crippen LogP contribution in [0.1, 0.15) is 19.4 Å². The van der Waals surface area contributed by atoms with Crippen molar-refractivity contribution in [3.05, 3.63) is 89.9 Å².